The number of nitrogens with two attached hydrogens (primary N) is 1. The lowest BCUT2D eigenvalue weighted by Gasteiger charge is -2.21. The quantitative estimate of drug-likeness (QED) is 0.904. The normalized spacial score (nSPS) is 12.2. The number of rotatable bonds is 4. The lowest BCUT2D eigenvalue weighted by molar-refractivity contribution is 0.627. The first kappa shape index (κ1) is 15.0. The van der Waals surface area contributed by atoms with Gasteiger partial charge >= 0.3 is 0 Å². The van der Waals surface area contributed by atoms with Crippen molar-refractivity contribution in [1.29, 1.82) is 0 Å². The largest absolute Gasteiger partial charge is 0.370 e. The lowest BCUT2D eigenvalue weighted by atomic mass is 10.1. The summed E-state index contributed by atoms with van der Waals surface area (Å²) in [6, 6.07) is 12.7. The molecular formula is C16H18BrFN2. The molecule has 2 rings (SSSR count). The van der Waals surface area contributed by atoms with E-state index in [1.54, 1.807) is 12.1 Å². The summed E-state index contributed by atoms with van der Waals surface area (Å²) in [5.74, 6) is -0.208. The van der Waals surface area contributed by atoms with Gasteiger partial charge in [-0.1, -0.05) is 34.1 Å². The number of nitrogens with zero attached hydrogens (tertiary/aromatic N) is 1. The fourth-order valence-corrected chi connectivity index (χ4v) is 2.81. The minimum Gasteiger partial charge on any atom is -0.370 e. The molecule has 0 fully saturated rings. The standard InChI is InChI=1S/C16H18BrFN2/c1-11(19)15-8-7-14(9-16(15)17)20(2)10-12-3-5-13(18)6-4-12/h3-9,11H,10,19H2,1-2H3/t11-/m1/s1. The molecule has 0 aromatic heterocycles. The number of hydrogen-bond acceptors (Lipinski definition) is 2. The average Bonchev–Trinajstić information content (AvgIpc) is 2.40. The van der Waals surface area contributed by atoms with Crippen LogP contribution in [0, 0.1) is 5.82 Å². The van der Waals surface area contributed by atoms with Crippen molar-refractivity contribution in [2.24, 2.45) is 5.73 Å². The fourth-order valence-electron chi connectivity index (χ4n) is 2.08. The molecule has 0 spiro atoms. The van der Waals surface area contributed by atoms with Crippen LogP contribution >= 0.6 is 15.9 Å². The third kappa shape index (κ3) is 3.58. The second-order valence-corrected chi connectivity index (χ2v) is 5.83. The van der Waals surface area contributed by atoms with Gasteiger partial charge in [-0.05, 0) is 42.3 Å². The molecule has 2 aromatic rings. The molecular weight excluding hydrogens is 319 g/mol. The van der Waals surface area contributed by atoms with Gasteiger partial charge in [0.25, 0.3) is 0 Å². The van der Waals surface area contributed by atoms with Gasteiger partial charge in [0.2, 0.25) is 0 Å². The zero-order valence-corrected chi connectivity index (χ0v) is 13.2. The molecule has 0 amide bonds. The molecule has 0 bridgehead atoms. The minimum atomic E-state index is -0.208. The van der Waals surface area contributed by atoms with Crippen molar-refractivity contribution in [2.75, 3.05) is 11.9 Å². The summed E-state index contributed by atoms with van der Waals surface area (Å²) in [6.07, 6.45) is 0. The highest BCUT2D eigenvalue weighted by atomic mass is 79.9. The molecule has 20 heavy (non-hydrogen) atoms. The molecule has 0 saturated heterocycles. The molecule has 106 valence electrons. The van der Waals surface area contributed by atoms with Gasteiger partial charge < -0.3 is 10.6 Å². The predicted molar refractivity (Wildman–Crippen MR) is 85.3 cm³/mol. The molecule has 0 heterocycles. The Morgan fingerprint density at radius 3 is 2.40 bits per heavy atom. The summed E-state index contributed by atoms with van der Waals surface area (Å²) in [7, 11) is 2.01. The first-order chi connectivity index (χ1) is 9.47. The Labute approximate surface area is 127 Å². The summed E-state index contributed by atoms with van der Waals surface area (Å²) in [4.78, 5) is 2.11. The molecule has 0 aliphatic carbocycles. The van der Waals surface area contributed by atoms with E-state index >= 15 is 0 Å². The second kappa shape index (κ2) is 6.37. The van der Waals surface area contributed by atoms with Gasteiger partial charge in [0.1, 0.15) is 5.82 Å². The highest BCUT2D eigenvalue weighted by molar-refractivity contribution is 9.10. The van der Waals surface area contributed by atoms with E-state index in [2.05, 4.69) is 26.9 Å². The van der Waals surface area contributed by atoms with Crippen LogP contribution in [0.5, 0.6) is 0 Å². The van der Waals surface area contributed by atoms with Gasteiger partial charge in [0, 0.05) is 29.8 Å². The topological polar surface area (TPSA) is 29.3 Å². The zero-order chi connectivity index (χ0) is 14.7. The number of hydrogen-bond donors (Lipinski definition) is 1. The van der Waals surface area contributed by atoms with Gasteiger partial charge in [0.05, 0.1) is 0 Å². The van der Waals surface area contributed by atoms with Crippen molar-refractivity contribution in [2.45, 2.75) is 19.5 Å². The van der Waals surface area contributed by atoms with Crippen LogP contribution in [-0.4, -0.2) is 7.05 Å². The highest BCUT2D eigenvalue weighted by Gasteiger charge is 2.08. The van der Waals surface area contributed by atoms with Crippen LogP contribution in [0.3, 0.4) is 0 Å². The van der Waals surface area contributed by atoms with E-state index in [1.807, 2.05) is 26.1 Å². The van der Waals surface area contributed by atoms with E-state index in [0.717, 1.165) is 27.8 Å². The lowest BCUT2D eigenvalue weighted by Crippen LogP contribution is -2.16. The van der Waals surface area contributed by atoms with Crippen LogP contribution in [0.15, 0.2) is 46.9 Å². The fraction of sp³-hybridized carbons (Fsp3) is 0.250. The summed E-state index contributed by atoms with van der Waals surface area (Å²) < 4.78 is 13.9. The summed E-state index contributed by atoms with van der Waals surface area (Å²) in [6.45, 7) is 2.69. The van der Waals surface area contributed by atoms with Crippen LogP contribution in [0.1, 0.15) is 24.1 Å². The van der Waals surface area contributed by atoms with Gasteiger partial charge in [-0.2, -0.15) is 0 Å². The molecule has 1 atom stereocenters. The molecule has 2 nitrogen and oxygen atoms in total. The van der Waals surface area contributed by atoms with Crippen molar-refractivity contribution in [3.8, 4) is 0 Å². The Morgan fingerprint density at radius 2 is 1.85 bits per heavy atom. The molecule has 2 N–H and O–H groups in total. The third-order valence-corrected chi connectivity index (χ3v) is 3.94. The zero-order valence-electron chi connectivity index (χ0n) is 11.6. The van der Waals surface area contributed by atoms with Crippen molar-refractivity contribution in [1.82, 2.24) is 0 Å². The first-order valence-corrected chi connectivity index (χ1v) is 7.27. The van der Waals surface area contributed by atoms with Crippen LogP contribution < -0.4 is 10.6 Å². The van der Waals surface area contributed by atoms with E-state index in [-0.39, 0.29) is 11.9 Å². The van der Waals surface area contributed by atoms with Gasteiger partial charge in [-0.25, -0.2) is 4.39 Å². The van der Waals surface area contributed by atoms with Gasteiger partial charge in [-0.15, -0.1) is 0 Å². The average molecular weight is 337 g/mol. The Bertz CT molecular complexity index is 582. The Balaban J connectivity index is 2.15. The van der Waals surface area contributed by atoms with Crippen molar-refractivity contribution in [3.05, 3.63) is 63.9 Å². The van der Waals surface area contributed by atoms with E-state index < -0.39 is 0 Å². The molecule has 2 aromatic carbocycles. The van der Waals surface area contributed by atoms with Crippen LogP contribution in [-0.2, 0) is 6.54 Å². The Morgan fingerprint density at radius 1 is 1.20 bits per heavy atom. The van der Waals surface area contributed by atoms with Crippen LogP contribution in [0.4, 0.5) is 10.1 Å². The maximum atomic E-state index is 12.9. The second-order valence-electron chi connectivity index (χ2n) is 4.98. The summed E-state index contributed by atoms with van der Waals surface area (Å²) >= 11 is 3.55. The molecule has 4 heteroatoms. The number of benzene rings is 2. The Hall–Kier alpha value is -1.39. The molecule has 0 aliphatic rings. The Kier molecular flexibility index (Phi) is 4.78. The molecule has 0 saturated carbocycles. The van der Waals surface area contributed by atoms with Crippen LogP contribution in [0.2, 0.25) is 0 Å². The van der Waals surface area contributed by atoms with Crippen LogP contribution in [0.25, 0.3) is 0 Å². The summed E-state index contributed by atoms with van der Waals surface area (Å²) in [5.41, 5.74) is 9.15. The van der Waals surface area contributed by atoms with Crippen molar-refractivity contribution in [3.63, 3.8) is 0 Å². The molecule has 0 aliphatic heterocycles. The first-order valence-electron chi connectivity index (χ1n) is 6.48. The smallest absolute Gasteiger partial charge is 0.123 e. The summed E-state index contributed by atoms with van der Waals surface area (Å²) in [5, 5.41) is 0. The monoisotopic (exact) mass is 336 g/mol. The van der Waals surface area contributed by atoms with Crippen molar-refractivity contribution >= 4 is 21.6 Å². The number of halogens is 2. The van der Waals surface area contributed by atoms with E-state index in [4.69, 9.17) is 5.73 Å². The van der Waals surface area contributed by atoms with E-state index in [1.165, 1.54) is 12.1 Å². The van der Waals surface area contributed by atoms with Gasteiger partial charge in [-0.3, -0.25) is 0 Å². The van der Waals surface area contributed by atoms with E-state index in [0.29, 0.717) is 0 Å². The third-order valence-electron chi connectivity index (χ3n) is 3.25. The molecule has 0 radical (unpaired) electrons. The minimum absolute atomic E-state index is 0.000768. The highest BCUT2D eigenvalue weighted by Crippen LogP contribution is 2.27. The number of anilines is 1. The maximum absolute atomic E-state index is 12.9. The SMILES string of the molecule is C[C@@H](N)c1ccc(N(C)Cc2ccc(F)cc2)cc1Br. The maximum Gasteiger partial charge on any atom is 0.123 e. The predicted octanol–water partition coefficient (Wildman–Crippen LogP) is 4.24. The molecule has 0 unspecified atom stereocenters. The van der Waals surface area contributed by atoms with Crippen molar-refractivity contribution < 1.29 is 4.39 Å². The van der Waals surface area contributed by atoms with E-state index in [9.17, 15) is 4.39 Å². The van der Waals surface area contributed by atoms with Gasteiger partial charge in [0.15, 0.2) is 0 Å².